The highest BCUT2D eigenvalue weighted by molar-refractivity contribution is 5.41. The van der Waals surface area contributed by atoms with Crippen molar-refractivity contribution in [2.75, 3.05) is 25.9 Å². The van der Waals surface area contributed by atoms with Crippen LogP contribution in [0.4, 0.5) is 10.1 Å². The molecule has 1 aliphatic heterocycles. The molecule has 0 radical (unpaired) electrons. The van der Waals surface area contributed by atoms with Gasteiger partial charge in [-0.15, -0.1) is 0 Å². The lowest BCUT2D eigenvalue weighted by Gasteiger charge is -2.27. The van der Waals surface area contributed by atoms with Crippen molar-refractivity contribution in [3.63, 3.8) is 0 Å². The molecule has 2 N–H and O–H groups in total. The predicted molar refractivity (Wildman–Crippen MR) is 70.7 cm³/mol. The maximum absolute atomic E-state index is 13.2. The lowest BCUT2D eigenvalue weighted by atomic mass is 10.1. The molecule has 1 saturated heterocycles. The van der Waals surface area contributed by atoms with E-state index in [2.05, 4.69) is 4.90 Å². The van der Waals surface area contributed by atoms with Gasteiger partial charge < -0.3 is 10.5 Å². The Morgan fingerprint density at radius 3 is 2.89 bits per heavy atom. The first-order valence-corrected chi connectivity index (χ1v) is 6.48. The van der Waals surface area contributed by atoms with Crippen LogP contribution in [0.5, 0.6) is 0 Å². The van der Waals surface area contributed by atoms with E-state index in [9.17, 15) is 4.39 Å². The third kappa shape index (κ3) is 3.96. The van der Waals surface area contributed by atoms with Crippen molar-refractivity contribution < 1.29 is 9.13 Å². The summed E-state index contributed by atoms with van der Waals surface area (Å²) in [6.07, 6.45) is 3.84. The second-order valence-electron chi connectivity index (χ2n) is 5.08. The fourth-order valence-electron chi connectivity index (χ4n) is 2.44. The largest absolute Gasteiger partial charge is 0.399 e. The van der Waals surface area contributed by atoms with Gasteiger partial charge in [-0.05, 0) is 50.1 Å². The Morgan fingerprint density at radius 2 is 2.22 bits per heavy atom. The Morgan fingerprint density at radius 1 is 1.39 bits per heavy atom. The van der Waals surface area contributed by atoms with Crippen LogP contribution in [0.2, 0.25) is 0 Å². The first kappa shape index (κ1) is 13.3. The van der Waals surface area contributed by atoms with E-state index in [1.165, 1.54) is 25.0 Å². The van der Waals surface area contributed by atoms with Gasteiger partial charge in [-0.3, -0.25) is 4.90 Å². The molecular formula is C14H21FN2O. The van der Waals surface area contributed by atoms with Crippen molar-refractivity contribution in [3.8, 4) is 0 Å². The molecule has 1 aromatic rings. The Labute approximate surface area is 108 Å². The summed E-state index contributed by atoms with van der Waals surface area (Å²) in [5.74, 6) is -0.271. The zero-order chi connectivity index (χ0) is 13.0. The Bertz CT molecular complexity index is 371. The average Bonchev–Trinajstić information content (AvgIpc) is 2.28. The van der Waals surface area contributed by atoms with Gasteiger partial charge >= 0.3 is 0 Å². The molecule has 100 valence electrons. The smallest absolute Gasteiger partial charge is 0.125 e. The Balaban J connectivity index is 1.87. The summed E-state index contributed by atoms with van der Waals surface area (Å²) in [7, 11) is 2.03. The fourth-order valence-corrected chi connectivity index (χ4v) is 2.44. The summed E-state index contributed by atoms with van der Waals surface area (Å²) >= 11 is 0. The van der Waals surface area contributed by atoms with Gasteiger partial charge in [-0.1, -0.05) is 0 Å². The number of hydrogen-bond acceptors (Lipinski definition) is 3. The third-order valence-electron chi connectivity index (χ3n) is 3.22. The number of nitrogen functional groups attached to an aromatic ring is 1. The monoisotopic (exact) mass is 252 g/mol. The maximum atomic E-state index is 13.2. The molecule has 3 nitrogen and oxygen atoms in total. The van der Waals surface area contributed by atoms with Crippen molar-refractivity contribution in [2.24, 2.45) is 0 Å². The minimum Gasteiger partial charge on any atom is -0.399 e. The zero-order valence-electron chi connectivity index (χ0n) is 10.9. The molecule has 1 heterocycles. The lowest BCUT2D eigenvalue weighted by Crippen LogP contribution is -2.33. The van der Waals surface area contributed by atoms with Crippen LogP contribution in [0.1, 0.15) is 24.8 Å². The molecule has 1 fully saturated rings. The van der Waals surface area contributed by atoms with E-state index >= 15 is 0 Å². The van der Waals surface area contributed by atoms with Gasteiger partial charge in [0.25, 0.3) is 0 Å². The van der Waals surface area contributed by atoms with E-state index in [1.54, 1.807) is 0 Å². The van der Waals surface area contributed by atoms with E-state index in [1.807, 2.05) is 13.1 Å². The average molecular weight is 252 g/mol. The third-order valence-corrected chi connectivity index (χ3v) is 3.22. The molecule has 0 amide bonds. The molecule has 1 atom stereocenters. The van der Waals surface area contributed by atoms with Crippen LogP contribution in [0.15, 0.2) is 18.2 Å². The zero-order valence-corrected chi connectivity index (χ0v) is 10.9. The van der Waals surface area contributed by atoms with Crippen LogP contribution in [-0.2, 0) is 11.3 Å². The minimum atomic E-state index is -0.271. The van der Waals surface area contributed by atoms with Crippen LogP contribution in [0.3, 0.4) is 0 Å². The van der Waals surface area contributed by atoms with Crippen molar-refractivity contribution in [1.82, 2.24) is 4.90 Å². The van der Waals surface area contributed by atoms with E-state index < -0.39 is 0 Å². The van der Waals surface area contributed by atoms with Gasteiger partial charge in [0.15, 0.2) is 0 Å². The molecule has 0 bridgehead atoms. The van der Waals surface area contributed by atoms with Gasteiger partial charge in [0.2, 0.25) is 0 Å². The number of nitrogens with two attached hydrogens (primary N) is 1. The van der Waals surface area contributed by atoms with Gasteiger partial charge in [0.05, 0.1) is 6.10 Å². The van der Waals surface area contributed by atoms with E-state index in [0.29, 0.717) is 18.3 Å². The summed E-state index contributed by atoms with van der Waals surface area (Å²) in [5, 5.41) is 0. The number of halogens is 1. The van der Waals surface area contributed by atoms with Crippen molar-refractivity contribution in [3.05, 3.63) is 29.6 Å². The number of ether oxygens (including phenoxy) is 1. The van der Waals surface area contributed by atoms with E-state index in [-0.39, 0.29) is 5.82 Å². The van der Waals surface area contributed by atoms with Crippen LogP contribution < -0.4 is 5.73 Å². The molecular weight excluding hydrogens is 231 g/mol. The highest BCUT2D eigenvalue weighted by Gasteiger charge is 2.16. The van der Waals surface area contributed by atoms with Gasteiger partial charge in [-0.2, -0.15) is 0 Å². The highest BCUT2D eigenvalue weighted by atomic mass is 19.1. The van der Waals surface area contributed by atoms with Crippen LogP contribution in [-0.4, -0.2) is 31.2 Å². The molecule has 0 aromatic heterocycles. The normalized spacial score (nSPS) is 20.3. The minimum absolute atomic E-state index is 0.271. The topological polar surface area (TPSA) is 38.5 Å². The second-order valence-corrected chi connectivity index (χ2v) is 5.08. The first-order valence-electron chi connectivity index (χ1n) is 6.48. The quantitative estimate of drug-likeness (QED) is 0.836. The number of benzene rings is 1. The first-order chi connectivity index (χ1) is 8.63. The molecule has 4 heteroatoms. The fraction of sp³-hybridized carbons (Fsp3) is 0.571. The molecule has 1 aliphatic rings. The molecule has 2 rings (SSSR count). The standard InChI is InChI=1S/C14H21FN2O/c1-17(10-14-4-2-3-5-18-14)9-11-6-12(15)8-13(16)7-11/h6-8,14H,2-5,9-10,16H2,1H3. The van der Waals surface area contributed by atoms with Crippen LogP contribution >= 0.6 is 0 Å². The van der Waals surface area contributed by atoms with E-state index in [0.717, 1.165) is 25.1 Å². The summed E-state index contributed by atoms with van der Waals surface area (Å²) in [5.41, 5.74) is 7.02. The van der Waals surface area contributed by atoms with E-state index in [4.69, 9.17) is 10.5 Å². The predicted octanol–water partition coefficient (Wildman–Crippen LogP) is 2.41. The number of likely N-dealkylation sites (N-methyl/N-ethyl adjacent to an activating group) is 1. The molecule has 18 heavy (non-hydrogen) atoms. The molecule has 0 spiro atoms. The molecule has 1 aromatic carbocycles. The summed E-state index contributed by atoms with van der Waals surface area (Å²) in [4.78, 5) is 2.16. The summed E-state index contributed by atoms with van der Waals surface area (Å²) in [6.45, 7) is 2.45. The maximum Gasteiger partial charge on any atom is 0.125 e. The molecule has 0 aliphatic carbocycles. The van der Waals surface area contributed by atoms with Gasteiger partial charge in [0, 0.05) is 25.4 Å². The Kier molecular flexibility index (Phi) is 4.55. The highest BCUT2D eigenvalue weighted by Crippen LogP contribution is 2.16. The van der Waals surface area contributed by atoms with Crippen molar-refractivity contribution in [2.45, 2.75) is 31.9 Å². The van der Waals surface area contributed by atoms with Crippen molar-refractivity contribution in [1.29, 1.82) is 0 Å². The number of nitrogens with zero attached hydrogens (tertiary/aromatic N) is 1. The van der Waals surface area contributed by atoms with Gasteiger partial charge in [-0.25, -0.2) is 4.39 Å². The Hall–Kier alpha value is -1.13. The number of hydrogen-bond donors (Lipinski definition) is 1. The summed E-state index contributed by atoms with van der Waals surface area (Å²) in [6, 6.07) is 4.70. The molecule has 1 unspecified atom stereocenters. The van der Waals surface area contributed by atoms with Crippen molar-refractivity contribution >= 4 is 5.69 Å². The number of anilines is 1. The van der Waals surface area contributed by atoms with Crippen LogP contribution in [0, 0.1) is 5.82 Å². The van der Waals surface area contributed by atoms with Crippen LogP contribution in [0.25, 0.3) is 0 Å². The summed E-state index contributed by atoms with van der Waals surface area (Å²) < 4.78 is 18.9. The van der Waals surface area contributed by atoms with Gasteiger partial charge in [0.1, 0.15) is 5.82 Å². The lowest BCUT2D eigenvalue weighted by molar-refractivity contribution is -0.00259. The number of rotatable bonds is 4. The SMILES string of the molecule is CN(Cc1cc(N)cc(F)c1)CC1CCCCO1. The molecule has 0 saturated carbocycles. The second kappa shape index (κ2) is 6.16.